The molecule has 6 N–H and O–H groups in total. The fraction of sp³-hybridized carbons (Fsp3) is 0.941. The summed E-state index contributed by atoms with van der Waals surface area (Å²) in [7, 11) is 0. The molecule has 1 rings (SSSR count). The average Bonchev–Trinajstić information content (AvgIpc) is 3.25. The first kappa shape index (κ1) is 56.9. The van der Waals surface area contributed by atoms with Gasteiger partial charge in [-0.3, -0.25) is 4.79 Å². The Morgan fingerprint density at radius 2 is 0.917 bits per heavy atom. The number of nitrogens with one attached hydrogen (secondary N) is 1. The van der Waals surface area contributed by atoms with Crippen LogP contribution in [0.5, 0.6) is 0 Å². The number of ether oxygens (including phenoxy) is 2. The number of hydrogen-bond donors (Lipinski definition) is 6. The number of carbonyl (C=O) groups is 1. The molecule has 0 aliphatic carbocycles. The Bertz CT molecular complexity index is 950. The topological polar surface area (TPSA) is 149 Å². The number of carbonyl (C=O) groups excluding carboxylic acids is 1. The zero-order valence-corrected chi connectivity index (χ0v) is 39.2. The molecule has 60 heavy (non-hydrogen) atoms. The molecule has 9 heteroatoms. The first-order valence-electron chi connectivity index (χ1n) is 25.9. The van der Waals surface area contributed by atoms with Gasteiger partial charge in [-0.15, -0.1) is 0 Å². The van der Waals surface area contributed by atoms with E-state index in [0.29, 0.717) is 6.42 Å². The molecule has 0 radical (unpaired) electrons. The standard InChI is InChI=1S/C51H99NO8/c1-3-5-7-9-11-13-15-17-18-19-20-21-22-23-24-25-26-27-29-31-33-35-37-39-41-47(55)52-44(43-59-51-50(58)49(57)48(56)46(42-53)60-51)45(54)40-38-36-34-32-30-28-16-14-12-10-8-6-4-2/h38,40,44-46,48-51,53-54,56-58H,3-37,39,41-43H2,1-2H3,(H,52,55)/b40-38+. The van der Waals surface area contributed by atoms with Gasteiger partial charge >= 0.3 is 0 Å². The Hall–Kier alpha value is -1.07. The van der Waals surface area contributed by atoms with E-state index in [-0.39, 0.29) is 12.5 Å². The van der Waals surface area contributed by atoms with Crippen LogP contribution in [0.2, 0.25) is 0 Å². The Kier molecular flexibility index (Phi) is 39.8. The molecule has 1 aliphatic rings. The number of aliphatic hydroxyl groups excluding tert-OH is 5. The van der Waals surface area contributed by atoms with Crippen LogP contribution in [-0.2, 0) is 14.3 Å². The first-order chi connectivity index (χ1) is 29.3. The van der Waals surface area contributed by atoms with E-state index in [4.69, 9.17) is 9.47 Å². The monoisotopic (exact) mass is 854 g/mol. The second-order valence-corrected chi connectivity index (χ2v) is 18.3. The van der Waals surface area contributed by atoms with Crippen molar-refractivity contribution in [3.63, 3.8) is 0 Å². The van der Waals surface area contributed by atoms with E-state index in [1.54, 1.807) is 6.08 Å². The zero-order valence-electron chi connectivity index (χ0n) is 39.2. The normalized spacial score (nSPS) is 20.6. The summed E-state index contributed by atoms with van der Waals surface area (Å²) in [4.78, 5) is 13.0. The van der Waals surface area contributed by atoms with Crippen molar-refractivity contribution in [3.8, 4) is 0 Å². The third-order valence-electron chi connectivity index (χ3n) is 12.6. The highest BCUT2D eigenvalue weighted by molar-refractivity contribution is 5.76. The van der Waals surface area contributed by atoms with Crippen LogP contribution in [0.1, 0.15) is 251 Å². The highest BCUT2D eigenvalue weighted by atomic mass is 16.7. The maximum absolute atomic E-state index is 13.0. The van der Waals surface area contributed by atoms with Gasteiger partial charge in [0.15, 0.2) is 6.29 Å². The average molecular weight is 854 g/mol. The summed E-state index contributed by atoms with van der Waals surface area (Å²) in [6, 6.07) is -0.798. The van der Waals surface area contributed by atoms with Crippen molar-refractivity contribution in [1.82, 2.24) is 5.32 Å². The molecule has 1 heterocycles. The summed E-state index contributed by atoms with van der Waals surface area (Å²) >= 11 is 0. The molecule has 0 aromatic rings. The predicted molar refractivity (Wildman–Crippen MR) is 249 cm³/mol. The molecule has 0 aromatic carbocycles. The van der Waals surface area contributed by atoms with Crippen molar-refractivity contribution in [2.45, 2.75) is 294 Å². The molecule has 1 fully saturated rings. The molecule has 9 nitrogen and oxygen atoms in total. The quantitative estimate of drug-likeness (QED) is 0.0262. The molecular formula is C51H99NO8. The predicted octanol–water partition coefficient (Wildman–Crippen LogP) is 11.7. The van der Waals surface area contributed by atoms with Gasteiger partial charge in [-0.1, -0.05) is 238 Å². The van der Waals surface area contributed by atoms with Gasteiger partial charge in [0.1, 0.15) is 24.4 Å². The Balaban J connectivity index is 2.22. The molecule has 1 amide bonds. The summed E-state index contributed by atoms with van der Waals surface area (Å²) in [6.45, 7) is 3.79. The van der Waals surface area contributed by atoms with Crippen molar-refractivity contribution < 1.29 is 39.8 Å². The number of unbranched alkanes of at least 4 members (excludes halogenated alkanes) is 34. The van der Waals surface area contributed by atoms with Gasteiger partial charge in [0.2, 0.25) is 5.91 Å². The fourth-order valence-electron chi connectivity index (χ4n) is 8.45. The van der Waals surface area contributed by atoms with Gasteiger partial charge in [0.05, 0.1) is 25.4 Å². The summed E-state index contributed by atoms with van der Waals surface area (Å²) in [5.74, 6) is -0.172. The molecule has 7 unspecified atom stereocenters. The van der Waals surface area contributed by atoms with Crippen LogP contribution < -0.4 is 5.32 Å². The smallest absolute Gasteiger partial charge is 0.220 e. The Morgan fingerprint density at radius 3 is 1.30 bits per heavy atom. The van der Waals surface area contributed by atoms with E-state index in [9.17, 15) is 30.3 Å². The summed E-state index contributed by atoms with van der Waals surface area (Å²) < 4.78 is 11.2. The lowest BCUT2D eigenvalue weighted by molar-refractivity contribution is -0.302. The molecule has 1 saturated heterocycles. The van der Waals surface area contributed by atoms with Crippen LogP contribution in [-0.4, -0.2) is 87.5 Å². The first-order valence-corrected chi connectivity index (χ1v) is 25.9. The SMILES string of the molecule is CCCCCCCCCCCCC/C=C/C(O)C(COC1OC(CO)C(O)C(O)C1O)NC(=O)CCCCCCCCCCCCCCCCCCCCCCCCCC. The fourth-order valence-corrected chi connectivity index (χ4v) is 8.45. The van der Waals surface area contributed by atoms with Crippen molar-refractivity contribution in [3.05, 3.63) is 12.2 Å². The lowest BCUT2D eigenvalue weighted by atomic mass is 9.99. The number of hydrogen-bond acceptors (Lipinski definition) is 8. The van der Waals surface area contributed by atoms with Crippen LogP contribution in [0.4, 0.5) is 0 Å². The summed E-state index contributed by atoms with van der Waals surface area (Å²) in [6.07, 6.45) is 42.7. The second-order valence-electron chi connectivity index (χ2n) is 18.3. The van der Waals surface area contributed by atoms with E-state index < -0.39 is 49.5 Å². The maximum atomic E-state index is 13.0. The van der Waals surface area contributed by atoms with Gasteiger partial charge in [0.25, 0.3) is 0 Å². The van der Waals surface area contributed by atoms with Crippen molar-refractivity contribution >= 4 is 5.91 Å². The summed E-state index contributed by atoms with van der Waals surface area (Å²) in [5.41, 5.74) is 0. The second kappa shape index (κ2) is 41.9. The molecule has 0 aromatic heterocycles. The third kappa shape index (κ3) is 31.7. The zero-order chi connectivity index (χ0) is 43.7. The van der Waals surface area contributed by atoms with Crippen LogP contribution in [0.25, 0.3) is 0 Å². The van der Waals surface area contributed by atoms with Crippen LogP contribution in [0.15, 0.2) is 12.2 Å². The maximum Gasteiger partial charge on any atom is 0.220 e. The lowest BCUT2D eigenvalue weighted by Crippen LogP contribution is -2.60. The highest BCUT2D eigenvalue weighted by Crippen LogP contribution is 2.23. The lowest BCUT2D eigenvalue weighted by Gasteiger charge is -2.40. The minimum Gasteiger partial charge on any atom is -0.394 e. The number of allylic oxidation sites excluding steroid dienone is 1. The van der Waals surface area contributed by atoms with E-state index in [2.05, 4.69) is 19.2 Å². The highest BCUT2D eigenvalue weighted by Gasteiger charge is 2.44. The van der Waals surface area contributed by atoms with E-state index in [1.165, 1.54) is 193 Å². The Morgan fingerprint density at radius 1 is 0.550 bits per heavy atom. The molecule has 0 spiro atoms. The largest absolute Gasteiger partial charge is 0.394 e. The molecule has 356 valence electrons. The molecule has 1 aliphatic heterocycles. The minimum atomic E-state index is -1.56. The van der Waals surface area contributed by atoms with Crippen molar-refractivity contribution in [1.29, 1.82) is 0 Å². The van der Waals surface area contributed by atoms with Gasteiger partial charge in [0, 0.05) is 6.42 Å². The molecule has 0 bridgehead atoms. The van der Waals surface area contributed by atoms with Gasteiger partial charge in [-0.2, -0.15) is 0 Å². The van der Waals surface area contributed by atoms with E-state index >= 15 is 0 Å². The molecule has 7 atom stereocenters. The van der Waals surface area contributed by atoms with E-state index in [0.717, 1.165) is 38.5 Å². The van der Waals surface area contributed by atoms with Crippen molar-refractivity contribution in [2.24, 2.45) is 0 Å². The molecular weight excluding hydrogens is 755 g/mol. The third-order valence-corrected chi connectivity index (χ3v) is 12.6. The minimum absolute atomic E-state index is 0.172. The van der Waals surface area contributed by atoms with Gasteiger partial charge in [-0.25, -0.2) is 0 Å². The number of rotatable bonds is 44. The number of aliphatic hydroxyl groups is 5. The molecule has 0 saturated carbocycles. The van der Waals surface area contributed by atoms with Crippen LogP contribution >= 0.6 is 0 Å². The summed E-state index contributed by atoms with van der Waals surface area (Å²) in [5, 5.41) is 54.3. The van der Waals surface area contributed by atoms with Crippen LogP contribution in [0.3, 0.4) is 0 Å². The van der Waals surface area contributed by atoms with Crippen LogP contribution in [0, 0.1) is 0 Å². The van der Waals surface area contributed by atoms with Crippen molar-refractivity contribution in [2.75, 3.05) is 13.2 Å². The van der Waals surface area contributed by atoms with E-state index in [1.807, 2.05) is 6.08 Å². The van der Waals surface area contributed by atoms with Gasteiger partial charge in [-0.05, 0) is 19.3 Å². The Labute approximate surface area is 369 Å². The van der Waals surface area contributed by atoms with Gasteiger partial charge < -0.3 is 40.3 Å². The number of amides is 1.